The first-order chi connectivity index (χ1) is 5.67. The minimum Gasteiger partial charge on any atom is -0.293 e. The molecule has 1 heteroatoms. The van der Waals surface area contributed by atoms with Crippen molar-refractivity contribution in [3.05, 3.63) is 23.8 Å². The summed E-state index contributed by atoms with van der Waals surface area (Å²) in [5, 5.41) is 0. The predicted octanol–water partition coefficient (Wildman–Crippen LogP) is 3.38. The third-order valence-electron chi connectivity index (χ3n) is 2.01. The van der Waals surface area contributed by atoms with Gasteiger partial charge >= 0.3 is 0 Å². The average molecular weight is 165 g/mol. The fraction of sp³-hybridized carbons (Fsp3) is 0.545. The lowest BCUT2D eigenvalue weighted by molar-refractivity contribution is 0.901. The van der Waals surface area contributed by atoms with Gasteiger partial charge in [0.25, 0.3) is 0 Å². The fourth-order valence-corrected chi connectivity index (χ4v) is 1.26. The van der Waals surface area contributed by atoms with E-state index in [4.69, 9.17) is 0 Å². The molecule has 0 aliphatic carbocycles. The highest BCUT2D eigenvalue weighted by Gasteiger charge is 2.00. The summed E-state index contributed by atoms with van der Waals surface area (Å²) in [6.45, 7) is 10.1. The van der Waals surface area contributed by atoms with E-state index in [0.717, 1.165) is 12.1 Å². The molecule has 0 bridgehead atoms. The molecule has 0 rings (SSSR count). The van der Waals surface area contributed by atoms with Crippen molar-refractivity contribution in [2.45, 2.75) is 33.6 Å². The van der Waals surface area contributed by atoms with Crippen LogP contribution in [0.2, 0.25) is 0 Å². The maximum absolute atomic E-state index is 4.15. The second-order valence-electron chi connectivity index (χ2n) is 2.96. The molecule has 0 aromatic rings. The van der Waals surface area contributed by atoms with Crippen LogP contribution in [-0.2, 0) is 0 Å². The van der Waals surface area contributed by atoms with Gasteiger partial charge in [-0.1, -0.05) is 31.6 Å². The van der Waals surface area contributed by atoms with Gasteiger partial charge in [0.1, 0.15) is 0 Å². The highest BCUT2D eigenvalue weighted by Crippen LogP contribution is 2.12. The molecule has 0 aliphatic heterocycles. The van der Waals surface area contributed by atoms with Crippen LogP contribution in [0.1, 0.15) is 33.6 Å². The standard InChI is InChI=1S/C11H19N/c1-6-8-9(3)11(7-2)10(4)12-5/h7H,2,6,8H2,1,3-5H3/b11-9-,12-10?. The smallest absolute Gasteiger partial charge is 0.0385 e. The van der Waals surface area contributed by atoms with E-state index in [1.54, 1.807) is 0 Å². The molecule has 12 heavy (non-hydrogen) atoms. The Balaban J connectivity index is 4.72. The van der Waals surface area contributed by atoms with Gasteiger partial charge in [-0.25, -0.2) is 0 Å². The van der Waals surface area contributed by atoms with Crippen molar-refractivity contribution in [2.24, 2.45) is 4.99 Å². The minimum absolute atomic E-state index is 1.08. The molecule has 0 saturated carbocycles. The Morgan fingerprint density at radius 2 is 2.00 bits per heavy atom. The zero-order valence-electron chi connectivity index (χ0n) is 8.65. The Labute approximate surface area is 75.9 Å². The summed E-state index contributed by atoms with van der Waals surface area (Å²) in [7, 11) is 1.82. The van der Waals surface area contributed by atoms with E-state index in [1.807, 2.05) is 20.0 Å². The summed E-state index contributed by atoms with van der Waals surface area (Å²) < 4.78 is 0. The summed E-state index contributed by atoms with van der Waals surface area (Å²) in [5.74, 6) is 0. The Kier molecular flexibility index (Phi) is 5.35. The number of nitrogens with zero attached hydrogens (tertiary/aromatic N) is 1. The van der Waals surface area contributed by atoms with Crippen LogP contribution >= 0.6 is 0 Å². The van der Waals surface area contributed by atoms with Crippen molar-refractivity contribution in [3.8, 4) is 0 Å². The van der Waals surface area contributed by atoms with E-state index < -0.39 is 0 Å². The van der Waals surface area contributed by atoms with E-state index >= 15 is 0 Å². The molecule has 0 N–H and O–H groups in total. The first-order valence-electron chi connectivity index (χ1n) is 4.43. The van der Waals surface area contributed by atoms with Gasteiger partial charge < -0.3 is 0 Å². The van der Waals surface area contributed by atoms with E-state index in [9.17, 15) is 0 Å². The maximum atomic E-state index is 4.15. The van der Waals surface area contributed by atoms with Gasteiger partial charge in [-0.15, -0.1) is 0 Å². The maximum Gasteiger partial charge on any atom is 0.0385 e. The molecule has 0 aliphatic rings. The number of aliphatic imine (C=N–C) groups is 1. The van der Waals surface area contributed by atoms with Gasteiger partial charge in [0.2, 0.25) is 0 Å². The first kappa shape index (κ1) is 11.2. The van der Waals surface area contributed by atoms with Crippen molar-refractivity contribution < 1.29 is 0 Å². The van der Waals surface area contributed by atoms with E-state index in [0.29, 0.717) is 0 Å². The molecule has 0 unspecified atom stereocenters. The fourth-order valence-electron chi connectivity index (χ4n) is 1.26. The summed E-state index contributed by atoms with van der Waals surface area (Å²) in [6, 6.07) is 0. The monoisotopic (exact) mass is 165 g/mol. The van der Waals surface area contributed by atoms with Gasteiger partial charge in [-0.3, -0.25) is 4.99 Å². The highest BCUT2D eigenvalue weighted by atomic mass is 14.7. The molecule has 0 fully saturated rings. The van der Waals surface area contributed by atoms with Crippen molar-refractivity contribution >= 4 is 5.71 Å². The molecular formula is C11H19N. The quantitative estimate of drug-likeness (QED) is 0.447. The second-order valence-corrected chi connectivity index (χ2v) is 2.96. The van der Waals surface area contributed by atoms with Crippen LogP contribution in [0, 0.1) is 0 Å². The Morgan fingerprint density at radius 1 is 1.42 bits per heavy atom. The normalized spacial score (nSPS) is 14.2. The SMILES string of the molecule is C=C/C(C(C)=NC)=C(\C)CCC. The molecule has 68 valence electrons. The van der Waals surface area contributed by atoms with Crippen LogP contribution in [-0.4, -0.2) is 12.8 Å². The largest absolute Gasteiger partial charge is 0.293 e. The van der Waals surface area contributed by atoms with Gasteiger partial charge in [-0.05, 0) is 25.8 Å². The van der Waals surface area contributed by atoms with Gasteiger partial charge in [0.05, 0.1) is 0 Å². The van der Waals surface area contributed by atoms with E-state index in [1.165, 1.54) is 17.6 Å². The van der Waals surface area contributed by atoms with Crippen molar-refractivity contribution in [2.75, 3.05) is 7.05 Å². The Morgan fingerprint density at radius 3 is 2.33 bits per heavy atom. The van der Waals surface area contributed by atoms with Crippen LogP contribution in [0.3, 0.4) is 0 Å². The Hall–Kier alpha value is -0.850. The summed E-state index contributed by atoms with van der Waals surface area (Å²) >= 11 is 0. The lowest BCUT2D eigenvalue weighted by Crippen LogP contribution is -1.97. The average Bonchev–Trinajstić information content (AvgIpc) is 2.06. The molecular weight excluding hydrogens is 146 g/mol. The summed E-state index contributed by atoms with van der Waals surface area (Å²) in [4.78, 5) is 4.15. The van der Waals surface area contributed by atoms with Crippen molar-refractivity contribution in [1.29, 1.82) is 0 Å². The molecule has 0 amide bonds. The molecule has 0 heterocycles. The lowest BCUT2D eigenvalue weighted by Gasteiger charge is -2.06. The highest BCUT2D eigenvalue weighted by molar-refractivity contribution is 6.01. The number of rotatable bonds is 4. The number of hydrogen-bond donors (Lipinski definition) is 0. The summed E-state index contributed by atoms with van der Waals surface area (Å²) in [5.41, 5.74) is 3.67. The molecule has 0 saturated heterocycles. The van der Waals surface area contributed by atoms with E-state index in [-0.39, 0.29) is 0 Å². The predicted molar refractivity (Wildman–Crippen MR) is 56.8 cm³/mol. The van der Waals surface area contributed by atoms with Gasteiger partial charge in [0.15, 0.2) is 0 Å². The first-order valence-corrected chi connectivity index (χ1v) is 4.43. The van der Waals surface area contributed by atoms with Crippen LogP contribution < -0.4 is 0 Å². The van der Waals surface area contributed by atoms with Crippen LogP contribution in [0.25, 0.3) is 0 Å². The molecule has 0 aromatic heterocycles. The van der Waals surface area contributed by atoms with Crippen LogP contribution in [0.5, 0.6) is 0 Å². The third-order valence-corrected chi connectivity index (χ3v) is 2.01. The van der Waals surface area contributed by atoms with E-state index in [2.05, 4.69) is 25.4 Å². The molecule has 1 nitrogen and oxygen atoms in total. The molecule has 0 aromatic carbocycles. The van der Waals surface area contributed by atoms with Crippen molar-refractivity contribution in [3.63, 3.8) is 0 Å². The molecule has 0 radical (unpaired) electrons. The van der Waals surface area contributed by atoms with Gasteiger partial charge in [-0.2, -0.15) is 0 Å². The second kappa shape index (κ2) is 5.76. The molecule has 0 spiro atoms. The molecule has 0 atom stereocenters. The van der Waals surface area contributed by atoms with Crippen LogP contribution in [0.15, 0.2) is 28.8 Å². The van der Waals surface area contributed by atoms with Crippen LogP contribution in [0.4, 0.5) is 0 Å². The van der Waals surface area contributed by atoms with Gasteiger partial charge in [0, 0.05) is 12.8 Å². The minimum atomic E-state index is 1.08. The van der Waals surface area contributed by atoms with Crippen molar-refractivity contribution in [1.82, 2.24) is 0 Å². The zero-order valence-corrected chi connectivity index (χ0v) is 8.65. The summed E-state index contributed by atoms with van der Waals surface area (Å²) in [6.07, 6.45) is 4.21. The third kappa shape index (κ3) is 3.04. The number of allylic oxidation sites excluding steroid dienone is 3. The number of hydrogen-bond acceptors (Lipinski definition) is 1. The topological polar surface area (TPSA) is 12.4 Å². The Bertz CT molecular complexity index is 209. The zero-order chi connectivity index (χ0) is 9.56. The lowest BCUT2D eigenvalue weighted by atomic mass is 10.0.